The van der Waals surface area contributed by atoms with Crippen LogP contribution in [0.5, 0.6) is 0 Å². The number of hydrogen-bond donors (Lipinski definition) is 1. The van der Waals surface area contributed by atoms with Gasteiger partial charge in [-0.05, 0) is 57.5 Å². The summed E-state index contributed by atoms with van der Waals surface area (Å²) in [6.07, 6.45) is 0.966. The fraction of sp³-hybridized carbons (Fsp3) is 0.611. The molecule has 124 valence electrons. The van der Waals surface area contributed by atoms with Crippen LogP contribution in [0.1, 0.15) is 37.0 Å². The Morgan fingerprint density at radius 3 is 2.59 bits per heavy atom. The number of hydrogen-bond acceptors (Lipinski definition) is 2. The van der Waals surface area contributed by atoms with Crippen LogP contribution in [0.15, 0.2) is 18.2 Å². The lowest BCUT2D eigenvalue weighted by Crippen LogP contribution is -2.39. The Balaban J connectivity index is 2.44. The Bertz CT molecular complexity index is 487. The Hall–Kier alpha value is -1.55. The molecule has 1 atom stereocenters. The number of aryl methyl sites for hydroxylation is 1. The molecule has 4 heteroatoms. The fourth-order valence-electron chi connectivity index (χ4n) is 2.37. The van der Waals surface area contributed by atoms with Crippen molar-refractivity contribution in [2.24, 2.45) is 0 Å². The van der Waals surface area contributed by atoms with Gasteiger partial charge in [0, 0.05) is 26.2 Å². The lowest BCUT2D eigenvalue weighted by Gasteiger charge is -2.24. The molecule has 2 amide bonds. The highest BCUT2D eigenvalue weighted by atomic mass is 16.2. The van der Waals surface area contributed by atoms with Crippen LogP contribution in [-0.2, 0) is 6.54 Å². The van der Waals surface area contributed by atoms with E-state index in [4.69, 9.17) is 0 Å². The zero-order valence-corrected chi connectivity index (χ0v) is 14.9. The molecule has 0 saturated carbocycles. The predicted octanol–water partition coefficient (Wildman–Crippen LogP) is 3.18. The van der Waals surface area contributed by atoms with E-state index in [1.54, 1.807) is 4.90 Å². The Morgan fingerprint density at radius 2 is 1.95 bits per heavy atom. The number of urea groups is 1. The number of amides is 2. The molecule has 4 nitrogen and oxygen atoms in total. The van der Waals surface area contributed by atoms with Crippen molar-refractivity contribution < 1.29 is 4.79 Å². The van der Waals surface area contributed by atoms with E-state index < -0.39 is 0 Å². The van der Waals surface area contributed by atoms with Crippen molar-refractivity contribution in [2.75, 3.05) is 27.2 Å². The largest absolute Gasteiger partial charge is 0.338 e. The monoisotopic (exact) mass is 305 g/mol. The smallest absolute Gasteiger partial charge is 0.317 e. The molecule has 0 aromatic heterocycles. The van der Waals surface area contributed by atoms with Gasteiger partial charge in [0.05, 0.1) is 0 Å². The Kier molecular flexibility index (Phi) is 7.39. The maximum Gasteiger partial charge on any atom is 0.317 e. The van der Waals surface area contributed by atoms with Crippen LogP contribution in [0, 0.1) is 13.8 Å². The number of carbonyl (C=O) groups is 1. The molecule has 0 saturated heterocycles. The molecule has 1 aromatic rings. The predicted molar refractivity (Wildman–Crippen MR) is 93.2 cm³/mol. The topological polar surface area (TPSA) is 35.6 Å². The van der Waals surface area contributed by atoms with Crippen LogP contribution in [0.2, 0.25) is 0 Å². The van der Waals surface area contributed by atoms with Gasteiger partial charge in [-0.25, -0.2) is 4.79 Å². The molecular weight excluding hydrogens is 274 g/mol. The van der Waals surface area contributed by atoms with Crippen molar-refractivity contribution in [3.63, 3.8) is 0 Å². The van der Waals surface area contributed by atoms with Crippen molar-refractivity contribution in [2.45, 2.75) is 46.7 Å². The molecule has 1 N–H and O–H groups in total. The zero-order chi connectivity index (χ0) is 16.7. The highest BCUT2D eigenvalue weighted by Crippen LogP contribution is 2.14. The molecule has 0 aliphatic rings. The van der Waals surface area contributed by atoms with E-state index in [1.807, 2.05) is 13.1 Å². The number of benzene rings is 1. The van der Waals surface area contributed by atoms with Crippen molar-refractivity contribution in [1.82, 2.24) is 15.1 Å². The maximum absolute atomic E-state index is 12.2. The second-order valence-corrected chi connectivity index (χ2v) is 6.16. The first-order valence-electron chi connectivity index (χ1n) is 8.11. The third-order valence-corrected chi connectivity index (χ3v) is 4.56. The molecule has 0 fully saturated rings. The van der Waals surface area contributed by atoms with Gasteiger partial charge in [-0.3, -0.25) is 0 Å². The van der Waals surface area contributed by atoms with Gasteiger partial charge in [-0.15, -0.1) is 0 Å². The summed E-state index contributed by atoms with van der Waals surface area (Å²) in [7, 11) is 3.96. The average Bonchev–Trinajstić information content (AvgIpc) is 2.50. The molecule has 0 heterocycles. The van der Waals surface area contributed by atoms with Gasteiger partial charge in [0.1, 0.15) is 0 Å². The molecule has 0 aliphatic carbocycles. The first kappa shape index (κ1) is 18.5. The van der Waals surface area contributed by atoms with Gasteiger partial charge in [0.25, 0.3) is 0 Å². The van der Waals surface area contributed by atoms with E-state index in [1.165, 1.54) is 16.7 Å². The summed E-state index contributed by atoms with van der Waals surface area (Å²) in [5.74, 6) is 0. The summed E-state index contributed by atoms with van der Waals surface area (Å²) in [4.78, 5) is 16.2. The lowest BCUT2D eigenvalue weighted by molar-refractivity contribution is 0.203. The van der Waals surface area contributed by atoms with Gasteiger partial charge in [-0.1, -0.05) is 25.1 Å². The van der Waals surface area contributed by atoms with Crippen LogP contribution in [0.25, 0.3) is 0 Å². The molecule has 0 unspecified atom stereocenters. The molecule has 1 aromatic carbocycles. The minimum Gasteiger partial charge on any atom is -0.338 e. The molecule has 0 radical (unpaired) electrons. The maximum atomic E-state index is 12.2. The van der Waals surface area contributed by atoms with E-state index in [0.717, 1.165) is 13.0 Å². The highest BCUT2D eigenvalue weighted by Gasteiger charge is 2.12. The van der Waals surface area contributed by atoms with E-state index in [9.17, 15) is 4.79 Å². The highest BCUT2D eigenvalue weighted by molar-refractivity contribution is 5.73. The summed E-state index contributed by atoms with van der Waals surface area (Å²) >= 11 is 0. The summed E-state index contributed by atoms with van der Waals surface area (Å²) in [5, 5.41) is 3.01. The second-order valence-electron chi connectivity index (χ2n) is 6.16. The molecule has 0 aliphatic heterocycles. The molecule has 0 spiro atoms. The van der Waals surface area contributed by atoms with Gasteiger partial charge in [0.2, 0.25) is 0 Å². The average molecular weight is 305 g/mol. The first-order chi connectivity index (χ1) is 10.4. The number of nitrogens with zero attached hydrogens (tertiary/aromatic N) is 2. The van der Waals surface area contributed by atoms with Crippen molar-refractivity contribution in [1.29, 1.82) is 0 Å². The lowest BCUT2D eigenvalue weighted by atomic mass is 10.0. The van der Waals surface area contributed by atoms with E-state index in [2.05, 4.69) is 57.1 Å². The third kappa shape index (κ3) is 5.34. The molecular formula is C18H31N3O. The van der Waals surface area contributed by atoms with Gasteiger partial charge in [0.15, 0.2) is 0 Å². The summed E-state index contributed by atoms with van der Waals surface area (Å²) in [6.45, 7) is 10.9. The van der Waals surface area contributed by atoms with Crippen LogP contribution in [0.3, 0.4) is 0 Å². The van der Waals surface area contributed by atoms with Gasteiger partial charge >= 0.3 is 6.03 Å². The second kappa shape index (κ2) is 8.79. The normalized spacial score (nSPS) is 12.3. The summed E-state index contributed by atoms with van der Waals surface area (Å²) in [6, 6.07) is 6.71. The quantitative estimate of drug-likeness (QED) is 0.840. The minimum atomic E-state index is -0.00717. The molecule has 0 bridgehead atoms. The Labute approximate surface area is 135 Å². The van der Waals surface area contributed by atoms with Gasteiger partial charge < -0.3 is 15.1 Å². The number of nitrogens with one attached hydrogen (secondary N) is 1. The van der Waals surface area contributed by atoms with Crippen molar-refractivity contribution >= 4 is 6.03 Å². The van der Waals surface area contributed by atoms with Gasteiger partial charge in [-0.2, -0.15) is 0 Å². The number of rotatable bonds is 7. The SMILES string of the molecule is CCN(C)[C@H](C)CCNC(=O)N(C)Cc1cccc(C)c1C. The fourth-order valence-corrected chi connectivity index (χ4v) is 2.37. The van der Waals surface area contributed by atoms with Crippen LogP contribution < -0.4 is 5.32 Å². The first-order valence-corrected chi connectivity index (χ1v) is 8.11. The van der Waals surface area contributed by atoms with E-state index >= 15 is 0 Å². The van der Waals surface area contributed by atoms with Crippen LogP contribution >= 0.6 is 0 Å². The molecule has 22 heavy (non-hydrogen) atoms. The van der Waals surface area contributed by atoms with Crippen molar-refractivity contribution in [3.05, 3.63) is 34.9 Å². The minimum absolute atomic E-state index is 0.00717. The Morgan fingerprint density at radius 1 is 1.27 bits per heavy atom. The molecule has 1 rings (SSSR count). The third-order valence-electron chi connectivity index (χ3n) is 4.56. The standard InChI is InChI=1S/C18H31N3O/c1-7-20(5)15(3)11-12-19-18(22)21(6)13-17-10-8-9-14(2)16(17)4/h8-10,15H,7,11-13H2,1-6H3,(H,19,22)/t15-/m1/s1. The van der Waals surface area contributed by atoms with E-state index in [0.29, 0.717) is 19.1 Å². The zero-order valence-electron chi connectivity index (χ0n) is 14.9. The number of carbonyl (C=O) groups excluding carboxylic acids is 1. The van der Waals surface area contributed by atoms with Crippen LogP contribution in [0.4, 0.5) is 4.79 Å². The van der Waals surface area contributed by atoms with E-state index in [-0.39, 0.29) is 6.03 Å². The summed E-state index contributed by atoms with van der Waals surface area (Å²) in [5.41, 5.74) is 3.74. The summed E-state index contributed by atoms with van der Waals surface area (Å²) < 4.78 is 0. The van der Waals surface area contributed by atoms with Crippen molar-refractivity contribution in [3.8, 4) is 0 Å². The van der Waals surface area contributed by atoms with Crippen LogP contribution in [-0.4, -0.2) is 49.1 Å².